The van der Waals surface area contributed by atoms with E-state index in [1.165, 1.54) is 6.07 Å². The van der Waals surface area contributed by atoms with Gasteiger partial charge in [-0.2, -0.15) is 13.2 Å². The van der Waals surface area contributed by atoms with Crippen LogP contribution in [0.4, 0.5) is 19.0 Å². The fraction of sp³-hybridized carbons (Fsp3) is 0.412. The SMILES string of the molecule is Cc1cc(=N)n(C=N)nc1N1CCc2ncc(C(C)(O)C(F)(F)F)cc2C1. The van der Waals surface area contributed by atoms with E-state index in [9.17, 15) is 18.3 Å². The minimum atomic E-state index is -4.81. The highest BCUT2D eigenvalue weighted by atomic mass is 19.4. The lowest BCUT2D eigenvalue weighted by Gasteiger charge is -2.32. The van der Waals surface area contributed by atoms with E-state index in [0.717, 1.165) is 22.8 Å². The molecule has 10 heteroatoms. The summed E-state index contributed by atoms with van der Waals surface area (Å²) in [4.78, 5) is 5.98. The van der Waals surface area contributed by atoms with Gasteiger partial charge >= 0.3 is 6.18 Å². The maximum atomic E-state index is 13.1. The van der Waals surface area contributed by atoms with Crippen LogP contribution in [0.25, 0.3) is 0 Å². The highest BCUT2D eigenvalue weighted by Gasteiger charge is 2.51. The second-order valence-electron chi connectivity index (χ2n) is 6.68. The molecule has 0 spiro atoms. The van der Waals surface area contributed by atoms with Gasteiger partial charge in [0.1, 0.15) is 11.8 Å². The molecule has 1 aliphatic heterocycles. The van der Waals surface area contributed by atoms with Crippen LogP contribution in [0, 0.1) is 17.7 Å². The average Bonchev–Trinajstić information content (AvgIpc) is 2.60. The van der Waals surface area contributed by atoms with E-state index < -0.39 is 11.8 Å². The Morgan fingerprint density at radius 1 is 1.30 bits per heavy atom. The normalized spacial score (nSPS) is 16.6. The molecule has 0 fully saturated rings. The molecule has 2 aromatic rings. The summed E-state index contributed by atoms with van der Waals surface area (Å²) in [5.41, 5.74) is -1.23. The standard InChI is InChI=1S/C17H19F3N6O/c1-10-5-14(22)26(9-21)24-15(10)25-4-3-13-11(8-25)6-12(7-23-13)16(2,27)17(18,19)20/h5-7,9,21-22,27H,3-4,8H2,1-2H3. The van der Waals surface area contributed by atoms with E-state index in [2.05, 4.69) is 10.1 Å². The van der Waals surface area contributed by atoms with Crippen molar-refractivity contribution in [2.45, 2.75) is 38.6 Å². The van der Waals surface area contributed by atoms with Crippen molar-refractivity contribution >= 4 is 12.2 Å². The maximum Gasteiger partial charge on any atom is 0.421 e. The Bertz CT molecular complexity index is 951. The maximum absolute atomic E-state index is 13.1. The molecule has 3 heterocycles. The van der Waals surface area contributed by atoms with Gasteiger partial charge in [-0.25, -0.2) is 4.68 Å². The number of hydrogen-bond donors (Lipinski definition) is 3. The van der Waals surface area contributed by atoms with E-state index in [0.29, 0.717) is 37.0 Å². The first kappa shape index (κ1) is 19.0. The molecular weight excluding hydrogens is 361 g/mol. The first-order valence-electron chi connectivity index (χ1n) is 8.22. The number of fused-ring (bicyclic) bond motifs is 1. The lowest BCUT2D eigenvalue weighted by atomic mass is 9.93. The predicted octanol–water partition coefficient (Wildman–Crippen LogP) is 1.85. The largest absolute Gasteiger partial charge is 0.421 e. The highest BCUT2D eigenvalue weighted by molar-refractivity contribution is 5.55. The molecule has 7 nitrogen and oxygen atoms in total. The summed E-state index contributed by atoms with van der Waals surface area (Å²) in [6.07, 6.45) is -2.31. The number of aromatic nitrogens is 3. The van der Waals surface area contributed by atoms with Gasteiger partial charge in [-0.3, -0.25) is 15.8 Å². The zero-order chi connectivity index (χ0) is 20.0. The number of halogens is 3. The van der Waals surface area contributed by atoms with Crippen molar-refractivity contribution in [3.8, 4) is 0 Å². The van der Waals surface area contributed by atoms with Crippen LogP contribution in [-0.4, -0.2) is 38.9 Å². The van der Waals surface area contributed by atoms with Crippen molar-refractivity contribution in [3.05, 3.63) is 46.2 Å². The number of pyridine rings is 1. The highest BCUT2D eigenvalue weighted by Crippen LogP contribution is 2.39. The van der Waals surface area contributed by atoms with E-state index in [4.69, 9.17) is 10.8 Å². The molecule has 144 valence electrons. The van der Waals surface area contributed by atoms with Crippen LogP contribution in [0.1, 0.15) is 29.3 Å². The van der Waals surface area contributed by atoms with Crippen molar-refractivity contribution in [3.63, 3.8) is 0 Å². The van der Waals surface area contributed by atoms with Crippen molar-refractivity contribution in [2.75, 3.05) is 11.4 Å². The van der Waals surface area contributed by atoms with Crippen LogP contribution in [0.15, 0.2) is 18.3 Å². The summed E-state index contributed by atoms with van der Waals surface area (Å²) >= 11 is 0. The summed E-state index contributed by atoms with van der Waals surface area (Å²) < 4.78 is 40.5. The Balaban J connectivity index is 1.98. The minimum Gasteiger partial charge on any atom is -0.376 e. The number of aryl methyl sites for hydroxylation is 1. The minimum absolute atomic E-state index is 0.0637. The molecule has 3 rings (SSSR count). The lowest BCUT2D eigenvalue weighted by Crippen LogP contribution is -2.40. The molecule has 0 aliphatic carbocycles. The molecule has 0 saturated carbocycles. The summed E-state index contributed by atoms with van der Waals surface area (Å²) in [6.45, 7) is 3.32. The molecule has 1 aliphatic rings. The van der Waals surface area contributed by atoms with Gasteiger partial charge in [0.15, 0.2) is 11.4 Å². The zero-order valence-corrected chi connectivity index (χ0v) is 14.8. The Labute approximate surface area is 153 Å². The quantitative estimate of drug-likeness (QED) is 0.559. The predicted molar refractivity (Wildman–Crippen MR) is 91.6 cm³/mol. The zero-order valence-electron chi connectivity index (χ0n) is 14.8. The van der Waals surface area contributed by atoms with Gasteiger partial charge in [0.25, 0.3) is 0 Å². The van der Waals surface area contributed by atoms with Gasteiger partial charge in [-0.05, 0) is 37.1 Å². The smallest absolute Gasteiger partial charge is 0.376 e. The third-order valence-corrected chi connectivity index (χ3v) is 4.73. The Morgan fingerprint density at radius 3 is 2.63 bits per heavy atom. The van der Waals surface area contributed by atoms with Gasteiger partial charge in [0.05, 0.1) is 0 Å². The van der Waals surface area contributed by atoms with E-state index in [1.807, 2.05) is 4.90 Å². The molecule has 0 radical (unpaired) electrons. The summed E-state index contributed by atoms with van der Waals surface area (Å²) in [6, 6.07) is 2.91. The lowest BCUT2D eigenvalue weighted by molar-refractivity contribution is -0.259. The molecule has 3 N–H and O–H groups in total. The Morgan fingerprint density at radius 2 is 2.00 bits per heavy atom. The van der Waals surface area contributed by atoms with Crippen molar-refractivity contribution in [2.24, 2.45) is 0 Å². The number of rotatable bonds is 3. The Hall–Kier alpha value is -2.75. The first-order valence-corrected chi connectivity index (χ1v) is 8.22. The number of alkyl halides is 3. The fourth-order valence-corrected chi connectivity index (χ4v) is 3.02. The van der Waals surface area contributed by atoms with Gasteiger partial charge in [0.2, 0.25) is 0 Å². The third kappa shape index (κ3) is 3.32. The molecule has 1 unspecified atom stereocenters. The van der Waals surface area contributed by atoms with Crippen LogP contribution in [0.5, 0.6) is 0 Å². The van der Waals surface area contributed by atoms with Gasteiger partial charge in [0, 0.05) is 37.0 Å². The molecule has 2 aromatic heterocycles. The number of aliphatic hydroxyl groups is 1. The molecule has 0 saturated heterocycles. The Kier molecular flexibility index (Phi) is 4.54. The number of hydrogen-bond acceptors (Lipinski definition) is 6. The third-order valence-electron chi connectivity index (χ3n) is 4.73. The van der Waals surface area contributed by atoms with Gasteiger partial charge in [-0.1, -0.05) is 0 Å². The van der Waals surface area contributed by atoms with Crippen molar-refractivity contribution < 1.29 is 18.3 Å². The molecule has 0 aromatic carbocycles. The van der Waals surface area contributed by atoms with E-state index in [-0.39, 0.29) is 17.6 Å². The van der Waals surface area contributed by atoms with Gasteiger partial charge in [-0.15, -0.1) is 5.10 Å². The number of nitrogens with one attached hydrogen (secondary N) is 2. The molecule has 1 atom stereocenters. The van der Waals surface area contributed by atoms with Crippen molar-refractivity contribution in [1.82, 2.24) is 14.8 Å². The van der Waals surface area contributed by atoms with E-state index in [1.54, 1.807) is 13.0 Å². The molecule has 27 heavy (non-hydrogen) atoms. The van der Waals surface area contributed by atoms with Crippen LogP contribution >= 0.6 is 0 Å². The number of anilines is 1. The van der Waals surface area contributed by atoms with Crippen LogP contribution in [0.3, 0.4) is 0 Å². The average molecular weight is 380 g/mol. The summed E-state index contributed by atoms with van der Waals surface area (Å²) in [5.74, 6) is 0.549. The summed E-state index contributed by atoms with van der Waals surface area (Å²) in [5, 5.41) is 29.3. The molecular formula is C17H19F3N6O. The second kappa shape index (κ2) is 6.45. The fourth-order valence-electron chi connectivity index (χ4n) is 3.02. The topological polar surface area (TPSA) is 102 Å². The van der Waals surface area contributed by atoms with E-state index >= 15 is 0 Å². The second-order valence-corrected chi connectivity index (χ2v) is 6.68. The van der Waals surface area contributed by atoms with Crippen LogP contribution in [-0.2, 0) is 18.6 Å². The van der Waals surface area contributed by atoms with Crippen LogP contribution in [0.2, 0.25) is 0 Å². The number of nitrogens with zero attached hydrogens (tertiary/aromatic N) is 4. The van der Waals surface area contributed by atoms with Gasteiger partial charge < -0.3 is 10.0 Å². The summed E-state index contributed by atoms with van der Waals surface area (Å²) in [7, 11) is 0. The van der Waals surface area contributed by atoms with Crippen LogP contribution < -0.4 is 10.4 Å². The molecule has 0 amide bonds. The molecule has 0 bridgehead atoms. The first-order chi connectivity index (χ1) is 12.5. The van der Waals surface area contributed by atoms with Crippen molar-refractivity contribution in [1.29, 1.82) is 10.8 Å². The monoisotopic (exact) mass is 380 g/mol.